The molecule has 2 amide bonds. The molecule has 1 heterocycles. The van der Waals surface area contributed by atoms with Crippen LogP contribution in [0.5, 0.6) is 0 Å². The molecule has 3 N–H and O–H groups in total. The molecule has 1 spiro atoms. The van der Waals surface area contributed by atoms with E-state index in [1.165, 1.54) is 10.5 Å². The smallest absolute Gasteiger partial charge is 0.322 e. The molecule has 1 saturated heterocycles. The fourth-order valence-corrected chi connectivity index (χ4v) is 4.90. The lowest BCUT2D eigenvalue weighted by Crippen LogP contribution is -2.54. The van der Waals surface area contributed by atoms with E-state index in [9.17, 15) is 13.6 Å². The number of carbonyl (C=O) groups excluding carboxylic acids is 1. The third kappa shape index (κ3) is 3.23. The number of anilines is 2. The first-order valence-electron chi connectivity index (χ1n) is 9.84. The summed E-state index contributed by atoms with van der Waals surface area (Å²) in [6.45, 7) is 0.238. The third-order valence-electron chi connectivity index (χ3n) is 6.59. The van der Waals surface area contributed by atoms with E-state index in [2.05, 4.69) is 36.4 Å². The standard InChI is InChI=1S/C22H26F2N4O/c1-27(2)22(15-6-4-3-5-7-15)10-8-21(9-11-22)14-28(20(29)26-21)19-17(23)12-16(25)13-18(19)24/h3-7,12-13H,8-11,14,25H2,1-2H3,(H,26,29). The number of benzene rings is 2. The van der Waals surface area contributed by atoms with Crippen LogP contribution in [0.1, 0.15) is 31.2 Å². The van der Waals surface area contributed by atoms with Gasteiger partial charge in [-0.25, -0.2) is 13.6 Å². The van der Waals surface area contributed by atoms with E-state index in [1.807, 2.05) is 18.2 Å². The van der Waals surface area contributed by atoms with Crippen LogP contribution in [0.4, 0.5) is 25.0 Å². The van der Waals surface area contributed by atoms with Crippen LogP contribution in [0.2, 0.25) is 0 Å². The maximum absolute atomic E-state index is 14.4. The topological polar surface area (TPSA) is 61.6 Å². The number of urea groups is 1. The lowest BCUT2D eigenvalue weighted by Gasteiger charge is -2.48. The molecule has 2 aromatic rings. The number of nitrogen functional groups attached to an aromatic ring is 1. The summed E-state index contributed by atoms with van der Waals surface area (Å²) in [4.78, 5) is 16.1. The van der Waals surface area contributed by atoms with Crippen LogP contribution < -0.4 is 16.0 Å². The van der Waals surface area contributed by atoms with E-state index >= 15 is 0 Å². The van der Waals surface area contributed by atoms with Gasteiger partial charge in [0.05, 0.1) is 12.1 Å². The second-order valence-electron chi connectivity index (χ2n) is 8.42. The van der Waals surface area contributed by atoms with Crippen LogP contribution in [-0.4, -0.2) is 37.1 Å². The Balaban J connectivity index is 1.59. The summed E-state index contributed by atoms with van der Waals surface area (Å²) < 4.78 is 28.8. The Bertz CT molecular complexity index is 901. The molecule has 0 unspecified atom stereocenters. The van der Waals surface area contributed by atoms with Crippen molar-refractivity contribution >= 4 is 17.4 Å². The molecular formula is C22H26F2N4O. The van der Waals surface area contributed by atoms with Crippen molar-refractivity contribution in [2.75, 3.05) is 31.3 Å². The van der Waals surface area contributed by atoms with Crippen LogP contribution in [-0.2, 0) is 5.54 Å². The summed E-state index contributed by atoms with van der Waals surface area (Å²) >= 11 is 0. The number of halogens is 2. The van der Waals surface area contributed by atoms with Gasteiger partial charge in [-0.3, -0.25) is 9.80 Å². The molecule has 0 atom stereocenters. The first-order valence-corrected chi connectivity index (χ1v) is 9.84. The number of nitrogens with zero attached hydrogens (tertiary/aromatic N) is 2. The number of hydrogen-bond donors (Lipinski definition) is 2. The number of nitrogens with one attached hydrogen (secondary N) is 1. The summed E-state index contributed by atoms with van der Waals surface area (Å²) in [5.41, 5.74) is 5.80. The molecule has 29 heavy (non-hydrogen) atoms. The van der Waals surface area contributed by atoms with E-state index in [0.29, 0.717) is 0 Å². The first-order chi connectivity index (χ1) is 13.8. The molecule has 0 bridgehead atoms. The average molecular weight is 400 g/mol. The van der Waals surface area contributed by atoms with Crippen molar-refractivity contribution in [3.8, 4) is 0 Å². The Hall–Kier alpha value is -2.67. The molecule has 1 saturated carbocycles. The second-order valence-corrected chi connectivity index (χ2v) is 8.42. The number of amides is 2. The second kappa shape index (κ2) is 6.99. The van der Waals surface area contributed by atoms with Crippen molar-refractivity contribution in [3.63, 3.8) is 0 Å². The molecule has 2 aromatic carbocycles. The molecule has 0 aromatic heterocycles. The molecule has 1 aliphatic heterocycles. The SMILES string of the molecule is CN(C)C1(c2ccccc2)CCC2(CC1)CN(c1c(F)cc(N)cc1F)C(=O)N2. The molecule has 1 aliphatic carbocycles. The van der Waals surface area contributed by atoms with E-state index < -0.39 is 23.2 Å². The Morgan fingerprint density at radius 3 is 2.17 bits per heavy atom. The Kier molecular flexibility index (Phi) is 4.73. The van der Waals surface area contributed by atoms with E-state index in [1.54, 1.807) is 0 Å². The number of rotatable bonds is 3. The van der Waals surface area contributed by atoms with Gasteiger partial charge in [0.15, 0.2) is 11.6 Å². The maximum atomic E-state index is 14.4. The predicted molar refractivity (Wildman–Crippen MR) is 110 cm³/mol. The van der Waals surface area contributed by atoms with Crippen LogP contribution >= 0.6 is 0 Å². The highest BCUT2D eigenvalue weighted by Gasteiger charge is 2.51. The van der Waals surface area contributed by atoms with Gasteiger partial charge in [-0.15, -0.1) is 0 Å². The average Bonchev–Trinajstić information content (AvgIpc) is 2.98. The summed E-state index contributed by atoms with van der Waals surface area (Å²) in [7, 11) is 4.15. The van der Waals surface area contributed by atoms with Crippen LogP contribution in [0.25, 0.3) is 0 Å². The highest BCUT2D eigenvalue weighted by atomic mass is 19.1. The van der Waals surface area contributed by atoms with E-state index in [0.717, 1.165) is 37.8 Å². The van der Waals surface area contributed by atoms with Gasteiger partial charge in [0.2, 0.25) is 0 Å². The summed E-state index contributed by atoms with van der Waals surface area (Å²) in [5.74, 6) is -1.64. The molecular weight excluding hydrogens is 374 g/mol. The molecule has 7 heteroatoms. The van der Waals surface area contributed by atoms with Crippen molar-refractivity contribution < 1.29 is 13.6 Å². The zero-order valence-corrected chi connectivity index (χ0v) is 16.7. The van der Waals surface area contributed by atoms with E-state index in [4.69, 9.17) is 5.73 Å². The fraction of sp³-hybridized carbons (Fsp3) is 0.409. The van der Waals surface area contributed by atoms with Crippen LogP contribution in [0.3, 0.4) is 0 Å². The number of hydrogen-bond acceptors (Lipinski definition) is 3. The van der Waals surface area contributed by atoms with Gasteiger partial charge < -0.3 is 11.1 Å². The highest BCUT2D eigenvalue weighted by molar-refractivity contribution is 5.95. The van der Waals surface area contributed by atoms with Crippen molar-refractivity contribution in [1.29, 1.82) is 0 Å². The van der Waals surface area contributed by atoms with Gasteiger partial charge in [-0.1, -0.05) is 30.3 Å². The van der Waals surface area contributed by atoms with Crippen molar-refractivity contribution in [1.82, 2.24) is 10.2 Å². The van der Waals surface area contributed by atoms with Gasteiger partial charge in [-0.2, -0.15) is 0 Å². The molecule has 5 nitrogen and oxygen atoms in total. The summed E-state index contributed by atoms with van der Waals surface area (Å²) in [5, 5.41) is 3.02. The monoisotopic (exact) mass is 400 g/mol. The van der Waals surface area contributed by atoms with Crippen LogP contribution in [0.15, 0.2) is 42.5 Å². The summed E-state index contributed by atoms with van der Waals surface area (Å²) in [6.07, 6.45) is 3.12. The number of carbonyl (C=O) groups is 1. The minimum atomic E-state index is -0.822. The molecule has 0 radical (unpaired) electrons. The highest BCUT2D eigenvalue weighted by Crippen LogP contribution is 2.46. The van der Waals surface area contributed by atoms with Gasteiger partial charge in [0, 0.05) is 11.2 Å². The summed E-state index contributed by atoms with van der Waals surface area (Å²) in [6, 6.07) is 12.0. The Labute approximate surface area is 169 Å². The van der Waals surface area contributed by atoms with E-state index in [-0.39, 0.29) is 23.5 Å². The van der Waals surface area contributed by atoms with Crippen molar-refractivity contribution in [2.24, 2.45) is 0 Å². The molecule has 2 fully saturated rings. The van der Waals surface area contributed by atoms with Gasteiger partial charge >= 0.3 is 6.03 Å². The number of nitrogens with two attached hydrogens (primary N) is 1. The van der Waals surface area contributed by atoms with Gasteiger partial charge in [0.25, 0.3) is 0 Å². The van der Waals surface area contributed by atoms with Gasteiger partial charge in [-0.05, 0) is 57.5 Å². The lowest BCUT2D eigenvalue weighted by atomic mass is 9.69. The minimum Gasteiger partial charge on any atom is -0.399 e. The normalized spacial score (nSPS) is 26.9. The predicted octanol–water partition coefficient (Wildman–Crippen LogP) is 3.85. The molecule has 4 rings (SSSR count). The quantitative estimate of drug-likeness (QED) is 0.770. The zero-order chi connectivity index (χ0) is 20.8. The van der Waals surface area contributed by atoms with Crippen molar-refractivity contribution in [3.05, 3.63) is 59.7 Å². The Morgan fingerprint density at radius 2 is 1.62 bits per heavy atom. The minimum absolute atomic E-state index is 0.00522. The maximum Gasteiger partial charge on any atom is 0.322 e. The van der Waals surface area contributed by atoms with Crippen molar-refractivity contribution in [2.45, 2.75) is 36.8 Å². The first kappa shape index (κ1) is 19.6. The lowest BCUT2D eigenvalue weighted by molar-refractivity contribution is 0.0657. The van der Waals surface area contributed by atoms with Crippen LogP contribution in [0, 0.1) is 11.6 Å². The molecule has 154 valence electrons. The Morgan fingerprint density at radius 1 is 1.03 bits per heavy atom. The largest absolute Gasteiger partial charge is 0.399 e. The third-order valence-corrected chi connectivity index (χ3v) is 6.59. The molecule has 2 aliphatic rings. The van der Waals surface area contributed by atoms with Gasteiger partial charge in [0.1, 0.15) is 5.69 Å². The zero-order valence-electron chi connectivity index (χ0n) is 16.7. The fourth-order valence-electron chi connectivity index (χ4n) is 4.90.